The van der Waals surface area contributed by atoms with Crippen molar-refractivity contribution in [3.63, 3.8) is 0 Å². The molecule has 0 unspecified atom stereocenters. The lowest BCUT2D eigenvalue weighted by molar-refractivity contribution is 0.134. The molecule has 2 aromatic rings. The van der Waals surface area contributed by atoms with Crippen LogP contribution in [0.1, 0.15) is 23.9 Å². The standard InChI is InChI=1S/C13H15N3O/c1-2-17-8-11-5-3-4-10-6-7-12-15-14-9-16(12)13(10)11/h3-5,9H,2,6-8H2,1H3. The fourth-order valence-electron chi connectivity index (χ4n) is 2.35. The van der Waals surface area contributed by atoms with Gasteiger partial charge in [-0.15, -0.1) is 10.2 Å². The summed E-state index contributed by atoms with van der Waals surface area (Å²) in [6.45, 7) is 3.40. The molecular weight excluding hydrogens is 214 g/mol. The molecule has 0 amide bonds. The molecule has 0 saturated carbocycles. The molecular formula is C13H15N3O. The topological polar surface area (TPSA) is 39.9 Å². The molecule has 4 heteroatoms. The van der Waals surface area contributed by atoms with Crippen molar-refractivity contribution >= 4 is 0 Å². The van der Waals surface area contributed by atoms with Crippen molar-refractivity contribution in [1.29, 1.82) is 0 Å². The van der Waals surface area contributed by atoms with Crippen LogP contribution >= 0.6 is 0 Å². The Labute approximate surface area is 100 Å². The maximum absolute atomic E-state index is 5.52. The summed E-state index contributed by atoms with van der Waals surface area (Å²) in [5.41, 5.74) is 3.78. The summed E-state index contributed by atoms with van der Waals surface area (Å²) >= 11 is 0. The van der Waals surface area contributed by atoms with Crippen LogP contribution in [0, 0.1) is 0 Å². The van der Waals surface area contributed by atoms with Crippen molar-refractivity contribution < 1.29 is 4.74 Å². The van der Waals surface area contributed by atoms with Gasteiger partial charge in [-0.1, -0.05) is 18.2 Å². The summed E-state index contributed by atoms with van der Waals surface area (Å²) in [6, 6.07) is 6.39. The van der Waals surface area contributed by atoms with Crippen LogP contribution in [0.3, 0.4) is 0 Å². The third-order valence-electron chi connectivity index (χ3n) is 3.14. The predicted molar refractivity (Wildman–Crippen MR) is 64.1 cm³/mol. The Morgan fingerprint density at radius 2 is 2.29 bits per heavy atom. The molecule has 4 nitrogen and oxygen atoms in total. The van der Waals surface area contributed by atoms with Crippen LogP contribution in [0.2, 0.25) is 0 Å². The zero-order chi connectivity index (χ0) is 11.7. The van der Waals surface area contributed by atoms with E-state index in [-0.39, 0.29) is 0 Å². The monoisotopic (exact) mass is 229 g/mol. The molecule has 0 fully saturated rings. The number of hydrogen-bond acceptors (Lipinski definition) is 3. The number of fused-ring (bicyclic) bond motifs is 3. The Morgan fingerprint density at radius 1 is 1.35 bits per heavy atom. The van der Waals surface area contributed by atoms with Crippen molar-refractivity contribution in [2.45, 2.75) is 26.4 Å². The highest BCUT2D eigenvalue weighted by atomic mass is 16.5. The average Bonchev–Trinajstić information content (AvgIpc) is 2.84. The minimum Gasteiger partial charge on any atom is -0.377 e. The second-order valence-electron chi connectivity index (χ2n) is 4.18. The van der Waals surface area contributed by atoms with E-state index in [4.69, 9.17) is 4.74 Å². The molecule has 3 rings (SSSR count). The number of aromatic nitrogens is 3. The van der Waals surface area contributed by atoms with Crippen molar-refractivity contribution in [3.05, 3.63) is 41.5 Å². The van der Waals surface area contributed by atoms with E-state index in [1.807, 2.05) is 6.92 Å². The SMILES string of the molecule is CCOCc1cccc2c1-n1cnnc1CC2. The highest BCUT2D eigenvalue weighted by Crippen LogP contribution is 2.27. The Balaban J connectivity index is 2.09. The van der Waals surface area contributed by atoms with Gasteiger partial charge < -0.3 is 4.74 Å². The lowest BCUT2D eigenvalue weighted by atomic mass is 9.99. The summed E-state index contributed by atoms with van der Waals surface area (Å²) in [5.74, 6) is 1.04. The molecule has 1 aliphatic rings. The molecule has 0 saturated heterocycles. The Kier molecular flexibility index (Phi) is 2.65. The summed E-state index contributed by atoms with van der Waals surface area (Å²) in [4.78, 5) is 0. The molecule has 1 aliphatic heterocycles. The molecule has 1 aromatic heterocycles. The minimum atomic E-state index is 0.650. The molecule has 88 valence electrons. The molecule has 0 atom stereocenters. The van der Waals surface area contributed by atoms with Crippen LogP contribution < -0.4 is 0 Å². The van der Waals surface area contributed by atoms with Gasteiger partial charge in [0.15, 0.2) is 0 Å². The lowest BCUT2D eigenvalue weighted by Gasteiger charge is -2.20. The zero-order valence-electron chi connectivity index (χ0n) is 9.89. The zero-order valence-corrected chi connectivity index (χ0v) is 9.89. The van der Waals surface area contributed by atoms with Gasteiger partial charge in [0.05, 0.1) is 12.3 Å². The number of para-hydroxylation sites is 1. The first-order valence-electron chi connectivity index (χ1n) is 5.98. The summed E-state index contributed by atoms with van der Waals surface area (Å²) in [6.07, 6.45) is 3.79. The van der Waals surface area contributed by atoms with Crippen molar-refractivity contribution in [1.82, 2.24) is 14.8 Å². The Hall–Kier alpha value is -1.68. The van der Waals surface area contributed by atoms with E-state index in [0.29, 0.717) is 6.61 Å². The van der Waals surface area contributed by atoms with Crippen molar-refractivity contribution in [3.8, 4) is 5.69 Å². The first-order chi connectivity index (χ1) is 8.40. The van der Waals surface area contributed by atoms with Gasteiger partial charge in [0.25, 0.3) is 0 Å². The minimum absolute atomic E-state index is 0.650. The van der Waals surface area contributed by atoms with Gasteiger partial charge in [0, 0.05) is 18.6 Å². The van der Waals surface area contributed by atoms with Crippen LogP contribution in [-0.2, 0) is 24.2 Å². The van der Waals surface area contributed by atoms with Crippen LogP contribution in [0.25, 0.3) is 5.69 Å². The number of benzene rings is 1. The third kappa shape index (κ3) is 1.74. The smallest absolute Gasteiger partial charge is 0.137 e. The second kappa shape index (κ2) is 4.30. The number of hydrogen-bond donors (Lipinski definition) is 0. The Morgan fingerprint density at radius 3 is 3.18 bits per heavy atom. The van der Waals surface area contributed by atoms with Gasteiger partial charge in [0.1, 0.15) is 12.2 Å². The van der Waals surface area contributed by atoms with Gasteiger partial charge in [-0.3, -0.25) is 4.57 Å². The van der Waals surface area contributed by atoms with E-state index >= 15 is 0 Å². The highest BCUT2D eigenvalue weighted by Gasteiger charge is 2.19. The van der Waals surface area contributed by atoms with Crippen molar-refractivity contribution in [2.24, 2.45) is 0 Å². The molecule has 0 bridgehead atoms. The second-order valence-corrected chi connectivity index (χ2v) is 4.18. The third-order valence-corrected chi connectivity index (χ3v) is 3.14. The van der Waals surface area contributed by atoms with Gasteiger partial charge in [0.2, 0.25) is 0 Å². The molecule has 0 aliphatic carbocycles. The quantitative estimate of drug-likeness (QED) is 0.807. The maximum atomic E-state index is 5.52. The number of aryl methyl sites for hydroxylation is 2. The van der Waals surface area contributed by atoms with E-state index in [9.17, 15) is 0 Å². The summed E-state index contributed by atoms with van der Waals surface area (Å²) < 4.78 is 7.61. The fraction of sp³-hybridized carbons (Fsp3) is 0.385. The van der Waals surface area contributed by atoms with E-state index in [0.717, 1.165) is 25.3 Å². The van der Waals surface area contributed by atoms with Crippen LogP contribution in [0.4, 0.5) is 0 Å². The van der Waals surface area contributed by atoms with Crippen molar-refractivity contribution in [2.75, 3.05) is 6.61 Å². The first kappa shape index (κ1) is 10.5. The molecule has 0 radical (unpaired) electrons. The Bertz CT molecular complexity index is 533. The molecule has 2 heterocycles. The summed E-state index contributed by atoms with van der Waals surface area (Å²) in [5, 5.41) is 8.15. The predicted octanol–water partition coefficient (Wildman–Crippen LogP) is 1.90. The van der Waals surface area contributed by atoms with Gasteiger partial charge in [-0.2, -0.15) is 0 Å². The van der Waals surface area contributed by atoms with E-state index < -0.39 is 0 Å². The average molecular weight is 229 g/mol. The van der Waals surface area contributed by atoms with Gasteiger partial charge >= 0.3 is 0 Å². The highest BCUT2D eigenvalue weighted by molar-refractivity contribution is 5.50. The molecule has 17 heavy (non-hydrogen) atoms. The van der Waals surface area contributed by atoms with Crippen LogP contribution in [-0.4, -0.2) is 21.4 Å². The maximum Gasteiger partial charge on any atom is 0.137 e. The first-order valence-corrected chi connectivity index (χ1v) is 5.98. The largest absolute Gasteiger partial charge is 0.377 e. The number of ether oxygens (including phenoxy) is 1. The van der Waals surface area contributed by atoms with E-state index in [1.165, 1.54) is 16.8 Å². The number of rotatable bonds is 3. The normalized spacial score (nSPS) is 13.2. The van der Waals surface area contributed by atoms with E-state index in [1.54, 1.807) is 6.33 Å². The van der Waals surface area contributed by atoms with E-state index in [2.05, 4.69) is 33.0 Å². The lowest BCUT2D eigenvalue weighted by Crippen LogP contribution is -2.14. The van der Waals surface area contributed by atoms with Crippen LogP contribution in [0.15, 0.2) is 24.5 Å². The molecule has 0 N–H and O–H groups in total. The van der Waals surface area contributed by atoms with Gasteiger partial charge in [-0.05, 0) is 18.9 Å². The van der Waals surface area contributed by atoms with Gasteiger partial charge in [-0.25, -0.2) is 0 Å². The summed E-state index contributed by atoms with van der Waals surface area (Å²) in [7, 11) is 0. The fourth-order valence-corrected chi connectivity index (χ4v) is 2.35. The molecule has 1 aromatic carbocycles. The molecule has 0 spiro atoms. The van der Waals surface area contributed by atoms with Crippen LogP contribution in [0.5, 0.6) is 0 Å². The number of nitrogens with zero attached hydrogens (tertiary/aromatic N) is 3.